The van der Waals surface area contributed by atoms with Crippen molar-refractivity contribution in [2.75, 3.05) is 46.5 Å². The van der Waals surface area contributed by atoms with Gasteiger partial charge >= 0.3 is 0 Å². The summed E-state index contributed by atoms with van der Waals surface area (Å²) in [6, 6.07) is 13.7. The molecular formula is C25H27FN4O3. The average molecular weight is 451 g/mol. The number of aromatic amines is 1. The summed E-state index contributed by atoms with van der Waals surface area (Å²) in [6.07, 6.45) is 0.846. The molecule has 2 aliphatic heterocycles. The first-order valence-electron chi connectivity index (χ1n) is 11.2. The lowest BCUT2D eigenvalue weighted by molar-refractivity contribution is 0.0354. The van der Waals surface area contributed by atoms with E-state index in [2.05, 4.69) is 15.1 Å². The summed E-state index contributed by atoms with van der Waals surface area (Å²) in [7, 11) is 1.62. The zero-order valence-corrected chi connectivity index (χ0v) is 18.6. The van der Waals surface area contributed by atoms with Crippen molar-refractivity contribution in [2.45, 2.75) is 12.5 Å². The molecule has 0 saturated carbocycles. The number of amides is 1. The van der Waals surface area contributed by atoms with Crippen molar-refractivity contribution in [2.24, 2.45) is 0 Å². The second-order valence-corrected chi connectivity index (χ2v) is 8.35. The van der Waals surface area contributed by atoms with Gasteiger partial charge in [-0.25, -0.2) is 4.39 Å². The minimum absolute atomic E-state index is 0.0754. The Morgan fingerprint density at radius 1 is 1.09 bits per heavy atom. The molecule has 1 fully saturated rings. The number of halogens is 1. The summed E-state index contributed by atoms with van der Waals surface area (Å²) in [4.78, 5) is 17.6. The highest BCUT2D eigenvalue weighted by molar-refractivity contribution is 6.00. The number of ether oxygens (including phenoxy) is 2. The topological polar surface area (TPSA) is 70.7 Å². The zero-order chi connectivity index (χ0) is 22.8. The number of nitrogens with one attached hydrogen (secondary N) is 1. The quantitative estimate of drug-likeness (QED) is 0.597. The predicted octanol–water partition coefficient (Wildman–Crippen LogP) is 3.49. The van der Waals surface area contributed by atoms with E-state index in [9.17, 15) is 9.18 Å². The first-order chi connectivity index (χ1) is 16.2. The van der Waals surface area contributed by atoms with Crippen molar-refractivity contribution in [3.05, 3.63) is 71.2 Å². The molecule has 3 heterocycles. The molecule has 0 radical (unpaired) electrons. The Bertz CT molecular complexity index is 1110. The maximum atomic E-state index is 13.7. The van der Waals surface area contributed by atoms with Crippen LogP contribution < -0.4 is 4.74 Å². The van der Waals surface area contributed by atoms with Crippen LogP contribution in [0.4, 0.5) is 4.39 Å². The van der Waals surface area contributed by atoms with Crippen LogP contribution in [0.25, 0.3) is 11.3 Å². The van der Waals surface area contributed by atoms with Gasteiger partial charge in [-0.05, 0) is 48.4 Å². The SMILES string of the molecule is COc1ccc(-c2n[nH]c3c2C(c2ccc(F)cc2)N(CCCN2CCOCC2)C3=O)cc1. The van der Waals surface area contributed by atoms with Gasteiger partial charge in [-0.3, -0.25) is 14.8 Å². The molecule has 7 nitrogen and oxygen atoms in total. The fourth-order valence-corrected chi connectivity index (χ4v) is 4.68. The van der Waals surface area contributed by atoms with Crippen LogP contribution >= 0.6 is 0 Å². The molecule has 33 heavy (non-hydrogen) atoms. The summed E-state index contributed by atoms with van der Waals surface area (Å²) < 4.78 is 24.4. The van der Waals surface area contributed by atoms with Crippen molar-refractivity contribution in [3.63, 3.8) is 0 Å². The lowest BCUT2D eigenvalue weighted by Gasteiger charge is -2.29. The van der Waals surface area contributed by atoms with Crippen LogP contribution in [-0.2, 0) is 4.74 Å². The van der Waals surface area contributed by atoms with E-state index in [-0.39, 0.29) is 17.8 Å². The third-order valence-corrected chi connectivity index (χ3v) is 6.39. The van der Waals surface area contributed by atoms with Crippen LogP contribution in [-0.4, -0.2) is 72.4 Å². The number of carbonyl (C=O) groups is 1. The van der Waals surface area contributed by atoms with E-state index in [1.165, 1.54) is 12.1 Å². The Kier molecular flexibility index (Phi) is 6.11. The van der Waals surface area contributed by atoms with Crippen molar-refractivity contribution in [1.29, 1.82) is 0 Å². The van der Waals surface area contributed by atoms with E-state index < -0.39 is 0 Å². The molecule has 8 heteroatoms. The molecule has 1 unspecified atom stereocenters. The molecule has 172 valence electrons. The Balaban J connectivity index is 1.46. The van der Waals surface area contributed by atoms with Crippen molar-refractivity contribution in [1.82, 2.24) is 20.0 Å². The number of hydrogen-bond donors (Lipinski definition) is 1. The normalized spacial score (nSPS) is 18.5. The van der Waals surface area contributed by atoms with E-state index in [4.69, 9.17) is 9.47 Å². The second kappa shape index (κ2) is 9.33. The maximum absolute atomic E-state index is 13.7. The van der Waals surface area contributed by atoms with Gasteiger partial charge in [-0.1, -0.05) is 12.1 Å². The molecular weight excluding hydrogens is 423 g/mol. The van der Waals surface area contributed by atoms with Gasteiger partial charge in [-0.15, -0.1) is 0 Å². The Morgan fingerprint density at radius 3 is 2.52 bits per heavy atom. The molecule has 1 atom stereocenters. The summed E-state index contributed by atoms with van der Waals surface area (Å²) in [5.74, 6) is 0.375. The Hall–Kier alpha value is -3.23. The number of methoxy groups -OCH3 is 1. The molecule has 0 aliphatic carbocycles. The van der Waals surface area contributed by atoms with E-state index in [0.29, 0.717) is 12.2 Å². The van der Waals surface area contributed by atoms with Gasteiger partial charge in [0.2, 0.25) is 0 Å². The summed E-state index contributed by atoms with van der Waals surface area (Å²) in [6.45, 7) is 4.84. The fraction of sp³-hybridized carbons (Fsp3) is 0.360. The predicted molar refractivity (Wildman–Crippen MR) is 122 cm³/mol. The molecule has 5 rings (SSSR count). The highest BCUT2D eigenvalue weighted by Crippen LogP contribution is 2.43. The van der Waals surface area contributed by atoms with Crippen LogP contribution in [0.15, 0.2) is 48.5 Å². The highest BCUT2D eigenvalue weighted by atomic mass is 19.1. The van der Waals surface area contributed by atoms with Crippen LogP contribution in [0.5, 0.6) is 5.75 Å². The summed E-state index contributed by atoms with van der Waals surface area (Å²) in [5.41, 5.74) is 3.82. The number of rotatable bonds is 7. The molecule has 1 aromatic heterocycles. The Labute approximate surface area is 192 Å². The number of carbonyl (C=O) groups excluding carboxylic acids is 1. The average Bonchev–Trinajstić information content (AvgIpc) is 3.40. The van der Waals surface area contributed by atoms with Gasteiger partial charge in [0.25, 0.3) is 5.91 Å². The number of H-pyrrole nitrogens is 1. The van der Waals surface area contributed by atoms with Gasteiger partial charge in [0.1, 0.15) is 17.3 Å². The van der Waals surface area contributed by atoms with E-state index >= 15 is 0 Å². The van der Waals surface area contributed by atoms with Crippen molar-refractivity contribution < 1.29 is 18.7 Å². The van der Waals surface area contributed by atoms with E-state index in [1.54, 1.807) is 19.2 Å². The van der Waals surface area contributed by atoms with Crippen molar-refractivity contribution in [3.8, 4) is 17.0 Å². The Morgan fingerprint density at radius 2 is 1.82 bits per heavy atom. The van der Waals surface area contributed by atoms with E-state index in [1.807, 2.05) is 29.2 Å². The molecule has 3 aromatic rings. The van der Waals surface area contributed by atoms with Crippen LogP contribution in [0.3, 0.4) is 0 Å². The number of aromatic nitrogens is 2. The molecule has 0 bridgehead atoms. The van der Waals surface area contributed by atoms with Crippen LogP contribution in [0.1, 0.15) is 34.1 Å². The minimum Gasteiger partial charge on any atom is -0.497 e. The minimum atomic E-state index is -0.325. The van der Waals surface area contributed by atoms with Gasteiger partial charge in [0.05, 0.1) is 32.1 Å². The molecule has 1 N–H and O–H groups in total. The lowest BCUT2D eigenvalue weighted by Crippen LogP contribution is -2.38. The number of morpholine rings is 1. The number of nitrogens with zero attached hydrogens (tertiary/aromatic N) is 3. The third kappa shape index (κ3) is 4.24. The van der Waals surface area contributed by atoms with Gasteiger partial charge in [0.15, 0.2) is 0 Å². The molecule has 2 aromatic carbocycles. The van der Waals surface area contributed by atoms with Gasteiger partial charge < -0.3 is 14.4 Å². The molecule has 1 amide bonds. The van der Waals surface area contributed by atoms with Gasteiger partial charge in [-0.2, -0.15) is 5.10 Å². The summed E-state index contributed by atoms with van der Waals surface area (Å²) in [5, 5.41) is 7.46. The zero-order valence-electron chi connectivity index (χ0n) is 18.6. The van der Waals surface area contributed by atoms with Crippen LogP contribution in [0.2, 0.25) is 0 Å². The molecule has 2 aliphatic rings. The number of hydrogen-bond acceptors (Lipinski definition) is 5. The first-order valence-corrected chi connectivity index (χ1v) is 11.2. The largest absolute Gasteiger partial charge is 0.497 e. The fourth-order valence-electron chi connectivity index (χ4n) is 4.68. The van der Waals surface area contributed by atoms with Crippen molar-refractivity contribution >= 4 is 5.91 Å². The monoisotopic (exact) mass is 450 g/mol. The van der Waals surface area contributed by atoms with Gasteiger partial charge in [0, 0.05) is 37.3 Å². The molecule has 1 saturated heterocycles. The summed E-state index contributed by atoms with van der Waals surface area (Å²) >= 11 is 0. The third-order valence-electron chi connectivity index (χ3n) is 6.39. The molecule has 0 spiro atoms. The maximum Gasteiger partial charge on any atom is 0.273 e. The number of fused-ring (bicyclic) bond motifs is 1. The van der Waals surface area contributed by atoms with E-state index in [0.717, 1.165) is 67.4 Å². The lowest BCUT2D eigenvalue weighted by atomic mass is 9.96. The van der Waals surface area contributed by atoms with Crippen LogP contribution in [0, 0.1) is 5.82 Å². The first kappa shape index (κ1) is 21.6. The second-order valence-electron chi connectivity index (χ2n) is 8.35. The smallest absolute Gasteiger partial charge is 0.273 e. The standard InChI is InChI=1S/C25H27FN4O3/c1-32-20-9-5-17(6-10-20)22-21-23(28-27-22)25(31)30(12-2-11-29-13-15-33-16-14-29)24(21)18-3-7-19(26)8-4-18/h3-10,24H,2,11-16H2,1H3,(H,27,28). The highest BCUT2D eigenvalue weighted by Gasteiger charge is 2.41. The number of benzene rings is 2.